The summed E-state index contributed by atoms with van der Waals surface area (Å²) in [7, 11) is 1.98. The van der Waals surface area contributed by atoms with Crippen LogP contribution in [0.25, 0.3) is 0 Å². The number of nitrogens with zero attached hydrogens (tertiary/aromatic N) is 2. The lowest BCUT2D eigenvalue weighted by atomic mass is 10.1. The second kappa shape index (κ2) is 6.56. The minimum atomic E-state index is 0.449. The molecule has 0 radical (unpaired) electrons. The molecule has 0 fully saturated rings. The SMILES string of the molecule is CCCc1noc(CC(CCC)NC)n1. The van der Waals surface area contributed by atoms with Gasteiger partial charge in [0.1, 0.15) is 0 Å². The van der Waals surface area contributed by atoms with Gasteiger partial charge in [0.05, 0.1) is 0 Å². The molecule has 1 aromatic rings. The van der Waals surface area contributed by atoms with Crippen LogP contribution in [-0.2, 0) is 12.8 Å². The molecule has 0 aromatic carbocycles. The van der Waals surface area contributed by atoms with Crippen molar-refractivity contribution >= 4 is 0 Å². The molecule has 86 valence electrons. The van der Waals surface area contributed by atoms with E-state index >= 15 is 0 Å². The zero-order chi connectivity index (χ0) is 11.1. The van der Waals surface area contributed by atoms with Crippen molar-refractivity contribution in [2.45, 2.75) is 52.0 Å². The lowest BCUT2D eigenvalue weighted by Crippen LogP contribution is -2.27. The third-order valence-corrected chi connectivity index (χ3v) is 2.45. The molecule has 1 heterocycles. The summed E-state index contributed by atoms with van der Waals surface area (Å²) in [5.74, 6) is 1.59. The molecule has 0 saturated heterocycles. The number of rotatable bonds is 7. The highest BCUT2D eigenvalue weighted by molar-refractivity contribution is 4.89. The van der Waals surface area contributed by atoms with Crippen LogP contribution < -0.4 is 5.32 Å². The molecule has 4 nitrogen and oxygen atoms in total. The smallest absolute Gasteiger partial charge is 0.228 e. The van der Waals surface area contributed by atoms with Crippen LogP contribution in [0, 0.1) is 0 Å². The summed E-state index contributed by atoms with van der Waals surface area (Å²) in [4.78, 5) is 4.35. The Morgan fingerprint density at radius 3 is 2.73 bits per heavy atom. The first-order chi connectivity index (χ1) is 7.30. The van der Waals surface area contributed by atoms with Gasteiger partial charge in [-0.2, -0.15) is 4.98 Å². The number of aromatic nitrogens is 2. The Morgan fingerprint density at radius 1 is 1.33 bits per heavy atom. The highest BCUT2D eigenvalue weighted by Gasteiger charge is 2.11. The van der Waals surface area contributed by atoms with Gasteiger partial charge in [0.15, 0.2) is 5.82 Å². The first-order valence-corrected chi connectivity index (χ1v) is 5.78. The molecule has 0 saturated carbocycles. The standard InChI is InChI=1S/C11H21N3O/c1-4-6-9(12-3)8-11-13-10(7-5-2)14-15-11/h9,12H,4-8H2,1-3H3. The zero-order valence-corrected chi connectivity index (χ0v) is 9.92. The third kappa shape index (κ3) is 4.00. The number of hydrogen-bond acceptors (Lipinski definition) is 4. The average molecular weight is 211 g/mol. The lowest BCUT2D eigenvalue weighted by Gasteiger charge is -2.11. The largest absolute Gasteiger partial charge is 0.339 e. The molecule has 0 spiro atoms. The molecule has 1 N–H and O–H groups in total. The summed E-state index contributed by atoms with van der Waals surface area (Å²) in [6.45, 7) is 4.30. The van der Waals surface area contributed by atoms with E-state index in [1.54, 1.807) is 0 Å². The molecule has 0 amide bonds. The molecule has 15 heavy (non-hydrogen) atoms. The van der Waals surface area contributed by atoms with E-state index in [0.717, 1.165) is 37.4 Å². The van der Waals surface area contributed by atoms with Crippen LogP contribution in [0.4, 0.5) is 0 Å². The van der Waals surface area contributed by atoms with Crippen molar-refractivity contribution in [1.82, 2.24) is 15.5 Å². The van der Waals surface area contributed by atoms with Crippen LogP contribution >= 0.6 is 0 Å². The van der Waals surface area contributed by atoms with Crippen molar-refractivity contribution in [2.75, 3.05) is 7.05 Å². The molecule has 1 atom stereocenters. The number of nitrogens with one attached hydrogen (secondary N) is 1. The van der Waals surface area contributed by atoms with Crippen molar-refractivity contribution in [2.24, 2.45) is 0 Å². The summed E-state index contributed by atoms with van der Waals surface area (Å²) in [6, 6.07) is 0.449. The number of likely N-dealkylation sites (N-methyl/N-ethyl adjacent to an activating group) is 1. The van der Waals surface area contributed by atoms with Gasteiger partial charge in [-0.3, -0.25) is 0 Å². The maximum absolute atomic E-state index is 5.19. The maximum Gasteiger partial charge on any atom is 0.228 e. The van der Waals surface area contributed by atoms with E-state index in [2.05, 4.69) is 29.3 Å². The minimum Gasteiger partial charge on any atom is -0.339 e. The van der Waals surface area contributed by atoms with Gasteiger partial charge in [0.2, 0.25) is 5.89 Å². The van der Waals surface area contributed by atoms with Crippen LogP contribution in [0.1, 0.15) is 44.8 Å². The maximum atomic E-state index is 5.19. The van der Waals surface area contributed by atoms with Crippen molar-refractivity contribution in [3.63, 3.8) is 0 Å². The summed E-state index contributed by atoms with van der Waals surface area (Å²) < 4.78 is 5.19. The first kappa shape index (κ1) is 12.2. The van der Waals surface area contributed by atoms with E-state index in [0.29, 0.717) is 6.04 Å². The van der Waals surface area contributed by atoms with Gasteiger partial charge in [-0.1, -0.05) is 25.4 Å². The Labute approximate surface area is 91.5 Å². The van der Waals surface area contributed by atoms with Crippen molar-refractivity contribution in [3.05, 3.63) is 11.7 Å². The van der Waals surface area contributed by atoms with Gasteiger partial charge in [0, 0.05) is 18.9 Å². The highest BCUT2D eigenvalue weighted by atomic mass is 16.5. The third-order valence-electron chi connectivity index (χ3n) is 2.45. The molecular formula is C11H21N3O. The summed E-state index contributed by atoms with van der Waals surface area (Å²) in [5.41, 5.74) is 0. The Morgan fingerprint density at radius 2 is 2.13 bits per heavy atom. The minimum absolute atomic E-state index is 0.449. The fraction of sp³-hybridized carbons (Fsp3) is 0.818. The molecule has 1 rings (SSSR count). The summed E-state index contributed by atoms with van der Waals surface area (Å²) in [5, 5.41) is 7.20. The fourth-order valence-corrected chi connectivity index (χ4v) is 1.61. The quantitative estimate of drug-likeness (QED) is 0.749. The Balaban J connectivity index is 2.47. The predicted octanol–water partition coefficient (Wildman–Crippen LogP) is 1.95. The average Bonchev–Trinajstić information content (AvgIpc) is 2.66. The Kier molecular flexibility index (Phi) is 5.32. The van der Waals surface area contributed by atoms with Gasteiger partial charge in [-0.25, -0.2) is 0 Å². The summed E-state index contributed by atoms with van der Waals surface area (Å²) in [6.07, 6.45) is 5.11. The van der Waals surface area contributed by atoms with Gasteiger partial charge >= 0.3 is 0 Å². The Bertz CT molecular complexity index is 273. The molecule has 0 aliphatic heterocycles. The van der Waals surface area contributed by atoms with Crippen LogP contribution in [0.2, 0.25) is 0 Å². The van der Waals surface area contributed by atoms with E-state index in [-0.39, 0.29) is 0 Å². The van der Waals surface area contributed by atoms with Crippen molar-refractivity contribution in [1.29, 1.82) is 0 Å². The van der Waals surface area contributed by atoms with E-state index in [1.807, 2.05) is 7.05 Å². The molecule has 0 aliphatic rings. The fourth-order valence-electron chi connectivity index (χ4n) is 1.61. The van der Waals surface area contributed by atoms with Gasteiger partial charge in [-0.05, 0) is 19.9 Å². The van der Waals surface area contributed by atoms with Crippen molar-refractivity contribution in [3.8, 4) is 0 Å². The molecule has 0 bridgehead atoms. The van der Waals surface area contributed by atoms with Crippen LogP contribution in [0.5, 0.6) is 0 Å². The monoisotopic (exact) mass is 211 g/mol. The van der Waals surface area contributed by atoms with Crippen molar-refractivity contribution < 1.29 is 4.52 Å². The normalized spacial score (nSPS) is 13.0. The van der Waals surface area contributed by atoms with E-state index in [9.17, 15) is 0 Å². The number of hydrogen-bond donors (Lipinski definition) is 1. The second-order valence-corrected chi connectivity index (χ2v) is 3.83. The number of aryl methyl sites for hydroxylation is 1. The van der Waals surface area contributed by atoms with Gasteiger partial charge in [-0.15, -0.1) is 0 Å². The van der Waals surface area contributed by atoms with Crippen LogP contribution in [0.15, 0.2) is 4.52 Å². The predicted molar refractivity (Wildman–Crippen MR) is 59.8 cm³/mol. The summed E-state index contributed by atoms with van der Waals surface area (Å²) >= 11 is 0. The topological polar surface area (TPSA) is 51.0 Å². The Hall–Kier alpha value is -0.900. The van der Waals surface area contributed by atoms with E-state index < -0.39 is 0 Å². The second-order valence-electron chi connectivity index (χ2n) is 3.83. The molecule has 0 aliphatic carbocycles. The molecule has 4 heteroatoms. The van der Waals surface area contributed by atoms with Crippen LogP contribution in [-0.4, -0.2) is 23.2 Å². The van der Waals surface area contributed by atoms with E-state index in [1.165, 1.54) is 6.42 Å². The first-order valence-electron chi connectivity index (χ1n) is 5.78. The molecular weight excluding hydrogens is 190 g/mol. The zero-order valence-electron chi connectivity index (χ0n) is 9.92. The van der Waals surface area contributed by atoms with E-state index in [4.69, 9.17) is 4.52 Å². The molecule has 1 aromatic heterocycles. The lowest BCUT2D eigenvalue weighted by molar-refractivity contribution is 0.352. The van der Waals surface area contributed by atoms with Gasteiger partial charge < -0.3 is 9.84 Å². The highest BCUT2D eigenvalue weighted by Crippen LogP contribution is 2.06. The molecule has 1 unspecified atom stereocenters. The van der Waals surface area contributed by atoms with Gasteiger partial charge in [0.25, 0.3) is 0 Å². The van der Waals surface area contributed by atoms with Crippen LogP contribution in [0.3, 0.4) is 0 Å².